The molecule has 1 aromatic heterocycles. The van der Waals surface area contributed by atoms with Gasteiger partial charge in [0.1, 0.15) is 5.82 Å². The lowest BCUT2D eigenvalue weighted by atomic mass is 10.2. The van der Waals surface area contributed by atoms with Gasteiger partial charge in [0.05, 0.1) is 26.4 Å². The van der Waals surface area contributed by atoms with Crippen LogP contribution in [0.2, 0.25) is 0 Å². The molecule has 2 aliphatic rings. The first-order valence-electron chi connectivity index (χ1n) is 10.4. The van der Waals surface area contributed by atoms with Crippen molar-refractivity contribution in [3.05, 3.63) is 36.0 Å². The standard InChI is InChI=1S/C21H30N6O2/c1-17-16-23-21(22-6-7-26-8-12-28-13-9-26)25-20(17)24-18-2-4-19(5-3-18)27-10-14-29-15-11-27/h2-5,16H,6-15H2,1H3,(H2,22,23,24,25). The zero-order valence-corrected chi connectivity index (χ0v) is 17.1. The molecule has 2 aromatic rings. The lowest BCUT2D eigenvalue weighted by Crippen LogP contribution is -2.39. The van der Waals surface area contributed by atoms with Crippen molar-refractivity contribution in [1.29, 1.82) is 0 Å². The molecule has 1 aromatic carbocycles. The van der Waals surface area contributed by atoms with Gasteiger partial charge >= 0.3 is 0 Å². The molecule has 0 spiro atoms. The minimum absolute atomic E-state index is 0.649. The number of hydrogen-bond donors (Lipinski definition) is 2. The Hall–Kier alpha value is -2.42. The van der Waals surface area contributed by atoms with Crippen molar-refractivity contribution >= 4 is 23.1 Å². The summed E-state index contributed by atoms with van der Waals surface area (Å²) < 4.78 is 10.8. The molecule has 0 amide bonds. The maximum absolute atomic E-state index is 5.43. The van der Waals surface area contributed by atoms with Crippen LogP contribution >= 0.6 is 0 Å². The number of anilines is 4. The van der Waals surface area contributed by atoms with Crippen LogP contribution in [0.15, 0.2) is 30.5 Å². The molecule has 0 unspecified atom stereocenters. The maximum atomic E-state index is 5.43. The minimum Gasteiger partial charge on any atom is -0.379 e. The van der Waals surface area contributed by atoms with Crippen molar-refractivity contribution in [3.63, 3.8) is 0 Å². The van der Waals surface area contributed by atoms with Crippen molar-refractivity contribution in [2.24, 2.45) is 0 Å². The van der Waals surface area contributed by atoms with Crippen LogP contribution in [0.3, 0.4) is 0 Å². The van der Waals surface area contributed by atoms with E-state index in [0.29, 0.717) is 5.95 Å². The number of benzene rings is 1. The third kappa shape index (κ3) is 5.56. The van der Waals surface area contributed by atoms with Crippen LogP contribution in [0, 0.1) is 6.92 Å². The molecule has 156 valence electrons. The molecule has 2 N–H and O–H groups in total. The Morgan fingerprint density at radius 3 is 2.38 bits per heavy atom. The number of nitrogens with zero attached hydrogens (tertiary/aromatic N) is 4. The Bertz CT molecular complexity index is 773. The van der Waals surface area contributed by atoms with Crippen LogP contribution in [0.1, 0.15) is 5.56 Å². The van der Waals surface area contributed by atoms with E-state index >= 15 is 0 Å². The maximum Gasteiger partial charge on any atom is 0.224 e. The van der Waals surface area contributed by atoms with Crippen molar-refractivity contribution < 1.29 is 9.47 Å². The number of aromatic nitrogens is 2. The van der Waals surface area contributed by atoms with Gasteiger partial charge in [0.25, 0.3) is 0 Å². The second-order valence-corrected chi connectivity index (χ2v) is 7.38. The Labute approximate surface area is 172 Å². The highest BCUT2D eigenvalue weighted by molar-refractivity contribution is 5.63. The summed E-state index contributed by atoms with van der Waals surface area (Å²) in [4.78, 5) is 13.8. The number of hydrogen-bond acceptors (Lipinski definition) is 8. The van der Waals surface area contributed by atoms with Crippen molar-refractivity contribution in [2.45, 2.75) is 6.92 Å². The molecule has 0 saturated carbocycles. The molecule has 29 heavy (non-hydrogen) atoms. The van der Waals surface area contributed by atoms with Gasteiger partial charge in [-0.15, -0.1) is 0 Å². The second-order valence-electron chi connectivity index (χ2n) is 7.38. The highest BCUT2D eigenvalue weighted by atomic mass is 16.5. The number of nitrogens with one attached hydrogen (secondary N) is 2. The summed E-state index contributed by atoms with van der Waals surface area (Å²) in [5.41, 5.74) is 3.26. The molecule has 0 atom stereocenters. The van der Waals surface area contributed by atoms with Gasteiger partial charge in [0, 0.05) is 62.4 Å². The van der Waals surface area contributed by atoms with Crippen LogP contribution < -0.4 is 15.5 Å². The first-order valence-corrected chi connectivity index (χ1v) is 10.4. The van der Waals surface area contributed by atoms with E-state index in [4.69, 9.17) is 9.47 Å². The third-order valence-corrected chi connectivity index (χ3v) is 5.29. The van der Waals surface area contributed by atoms with E-state index in [9.17, 15) is 0 Å². The van der Waals surface area contributed by atoms with Gasteiger partial charge in [0.15, 0.2) is 0 Å². The Balaban J connectivity index is 1.33. The van der Waals surface area contributed by atoms with Gasteiger partial charge in [-0.3, -0.25) is 4.90 Å². The highest BCUT2D eigenvalue weighted by Crippen LogP contribution is 2.23. The molecule has 4 rings (SSSR count). The van der Waals surface area contributed by atoms with Crippen molar-refractivity contribution in [3.8, 4) is 0 Å². The van der Waals surface area contributed by atoms with Crippen LogP contribution in [-0.2, 0) is 9.47 Å². The molecule has 0 bridgehead atoms. The number of aryl methyl sites for hydroxylation is 1. The molecule has 2 saturated heterocycles. The summed E-state index contributed by atoms with van der Waals surface area (Å²) in [6.45, 7) is 10.9. The average Bonchev–Trinajstić information content (AvgIpc) is 2.78. The molecule has 8 heteroatoms. The molecule has 8 nitrogen and oxygen atoms in total. The molecule has 0 aliphatic carbocycles. The van der Waals surface area contributed by atoms with Crippen molar-refractivity contribution in [1.82, 2.24) is 14.9 Å². The summed E-state index contributed by atoms with van der Waals surface area (Å²) in [5.74, 6) is 1.48. The largest absolute Gasteiger partial charge is 0.379 e. The van der Waals surface area contributed by atoms with Gasteiger partial charge in [-0.1, -0.05) is 0 Å². The SMILES string of the molecule is Cc1cnc(NCCN2CCOCC2)nc1Nc1ccc(N2CCOCC2)cc1. The van der Waals surface area contributed by atoms with E-state index in [0.717, 1.165) is 82.8 Å². The van der Waals surface area contributed by atoms with E-state index in [1.807, 2.05) is 13.1 Å². The van der Waals surface area contributed by atoms with Gasteiger partial charge in [-0.25, -0.2) is 4.98 Å². The third-order valence-electron chi connectivity index (χ3n) is 5.29. The van der Waals surface area contributed by atoms with Crippen LogP contribution in [0.5, 0.6) is 0 Å². The van der Waals surface area contributed by atoms with Crippen molar-refractivity contribution in [2.75, 3.05) is 81.2 Å². The van der Waals surface area contributed by atoms with Crippen LogP contribution in [0.25, 0.3) is 0 Å². The predicted octanol–water partition coefficient (Wildman–Crippen LogP) is 2.11. The number of rotatable bonds is 7. The minimum atomic E-state index is 0.649. The zero-order chi connectivity index (χ0) is 19.9. The normalized spacial score (nSPS) is 17.9. The van der Waals surface area contributed by atoms with Gasteiger partial charge < -0.3 is 25.0 Å². The molecule has 2 fully saturated rings. The molecule has 0 radical (unpaired) electrons. The predicted molar refractivity (Wildman–Crippen MR) is 115 cm³/mol. The monoisotopic (exact) mass is 398 g/mol. The zero-order valence-electron chi connectivity index (χ0n) is 17.1. The smallest absolute Gasteiger partial charge is 0.224 e. The Kier molecular flexibility index (Phi) is 6.76. The summed E-state index contributed by atoms with van der Waals surface area (Å²) in [6.07, 6.45) is 1.86. The van der Waals surface area contributed by atoms with Crippen LogP contribution in [-0.4, -0.2) is 80.6 Å². The number of morpholine rings is 2. The Morgan fingerprint density at radius 2 is 1.66 bits per heavy atom. The van der Waals surface area contributed by atoms with Gasteiger partial charge in [-0.2, -0.15) is 4.98 Å². The summed E-state index contributed by atoms with van der Waals surface area (Å²) in [5, 5.41) is 6.76. The Morgan fingerprint density at radius 1 is 0.966 bits per heavy atom. The number of ether oxygens (including phenoxy) is 2. The second kappa shape index (κ2) is 9.87. The summed E-state index contributed by atoms with van der Waals surface area (Å²) in [6, 6.07) is 8.48. The summed E-state index contributed by atoms with van der Waals surface area (Å²) in [7, 11) is 0. The van der Waals surface area contributed by atoms with Gasteiger partial charge in [-0.05, 0) is 31.2 Å². The first-order chi connectivity index (χ1) is 14.3. The fraction of sp³-hybridized carbons (Fsp3) is 0.524. The van der Waals surface area contributed by atoms with E-state index in [2.05, 4.69) is 54.7 Å². The molecular weight excluding hydrogens is 368 g/mol. The van der Waals surface area contributed by atoms with E-state index in [1.54, 1.807) is 0 Å². The van der Waals surface area contributed by atoms with E-state index in [1.165, 1.54) is 5.69 Å². The fourth-order valence-corrected chi connectivity index (χ4v) is 3.52. The average molecular weight is 399 g/mol. The quantitative estimate of drug-likeness (QED) is 0.735. The molecule has 2 aliphatic heterocycles. The fourth-order valence-electron chi connectivity index (χ4n) is 3.52. The lowest BCUT2D eigenvalue weighted by Gasteiger charge is -2.29. The lowest BCUT2D eigenvalue weighted by molar-refractivity contribution is 0.0398. The van der Waals surface area contributed by atoms with E-state index < -0.39 is 0 Å². The molecule has 3 heterocycles. The highest BCUT2D eigenvalue weighted by Gasteiger charge is 2.12. The van der Waals surface area contributed by atoms with Gasteiger partial charge in [0.2, 0.25) is 5.95 Å². The first kappa shape index (κ1) is 19.9. The summed E-state index contributed by atoms with van der Waals surface area (Å²) >= 11 is 0. The topological polar surface area (TPSA) is 74.8 Å². The molecular formula is C21H30N6O2. The van der Waals surface area contributed by atoms with Crippen LogP contribution in [0.4, 0.5) is 23.1 Å². The van der Waals surface area contributed by atoms with E-state index in [-0.39, 0.29) is 0 Å².